The Morgan fingerprint density at radius 2 is 1.62 bits per heavy atom. The lowest BCUT2D eigenvalue weighted by Gasteiger charge is -2.08. The quantitative estimate of drug-likeness (QED) is 0.639. The fraction of sp³-hybridized carbons (Fsp3) is 0.158. The molecular weight excluding hydrogens is 263 g/mol. The maximum Gasteiger partial charge on any atom is 0.134 e. The molecule has 0 unspecified atom stereocenters. The van der Waals surface area contributed by atoms with Crippen molar-refractivity contribution in [1.82, 2.24) is 0 Å². The summed E-state index contributed by atoms with van der Waals surface area (Å²) >= 11 is 0. The standard InChI is InChI=1S/C19H17FO/c1-3-13-4-5-16-12-15(8-11-18(16)19(13)20)14-6-9-17(21-2)10-7-14/h4-12H,3H2,1-2H3. The molecule has 0 N–H and O–H groups in total. The lowest BCUT2D eigenvalue weighted by molar-refractivity contribution is 0.415. The van der Waals surface area contributed by atoms with Gasteiger partial charge in [-0.15, -0.1) is 0 Å². The first-order valence-corrected chi connectivity index (χ1v) is 7.08. The van der Waals surface area contributed by atoms with Crippen molar-refractivity contribution in [2.75, 3.05) is 7.11 Å². The van der Waals surface area contributed by atoms with Crippen LogP contribution in [0, 0.1) is 5.82 Å². The molecule has 2 heteroatoms. The monoisotopic (exact) mass is 280 g/mol. The van der Waals surface area contributed by atoms with Crippen molar-refractivity contribution < 1.29 is 9.13 Å². The van der Waals surface area contributed by atoms with Gasteiger partial charge in [0, 0.05) is 5.39 Å². The lowest BCUT2D eigenvalue weighted by atomic mass is 9.99. The number of benzene rings is 3. The van der Waals surface area contributed by atoms with Gasteiger partial charge < -0.3 is 4.74 Å². The zero-order valence-corrected chi connectivity index (χ0v) is 12.2. The van der Waals surface area contributed by atoms with Crippen LogP contribution in [-0.4, -0.2) is 7.11 Å². The van der Waals surface area contributed by atoms with Gasteiger partial charge in [-0.1, -0.05) is 43.3 Å². The molecule has 3 rings (SSSR count). The zero-order valence-electron chi connectivity index (χ0n) is 12.2. The molecule has 0 saturated carbocycles. The Hall–Kier alpha value is -2.35. The van der Waals surface area contributed by atoms with E-state index in [2.05, 4.69) is 0 Å². The van der Waals surface area contributed by atoms with Gasteiger partial charge in [0.2, 0.25) is 0 Å². The molecule has 0 atom stereocenters. The third-order valence-corrected chi connectivity index (χ3v) is 3.84. The Kier molecular flexibility index (Phi) is 3.61. The Balaban J connectivity index is 2.08. The van der Waals surface area contributed by atoms with E-state index in [0.717, 1.165) is 27.8 Å². The third-order valence-electron chi connectivity index (χ3n) is 3.84. The SMILES string of the molecule is CCc1ccc2cc(-c3ccc(OC)cc3)ccc2c1F. The zero-order chi connectivity index (χ0) is 14.8. The summed E-state index contributed by atoms with van der Waals surface area (Å²) in [4.78, 5) is 0. The van der Waals surface area contributed by atoms with Crippen LogP contribution < -0.4 is 4.74 Å². The second-order valence-corrected chi connectivity index (χ2v) is 5.06. The Labute approximate surface area is 124 Å². The molecule has 0 radical (unpaired) electrons. The Morgan fingerprint density at radius 1 is 0.905 bits per heavy atom. The van der Waals surface area contributed by atoms with Crippen LogP contribution in [0.3, 0.4) is 0 Å². The van der Waals surface area contributed by atoms with Crippen molar-refractivity contribution in [3.05, 3.63) is 66.0 Å². The summed E-state index contributed by atoms with van der Waals surface area (Å²) in [6.07, 6.45) is 0.710. The molecular formula is C19H17FO. The van der Waals surface area contributed by atoms with E-state index >= 15 is 0 Å². The molecule has 1 nitrogen and oxygen atoms in total. The fourth-order valence-corrected chi connectivity index (χ4v) is 2.57. The van der Waals surface area contributed by atoms with Crippen molar-refractivity contribution in [2.45, 2.75) is 13.3 Å². The van der Waals surface area contributed by atoms with Crippen molar-refractivity contribution >= 4 is 10.8 Å². The van der Waals surface area contributed by atoms with Crippen LogP contribution in [0.1, 0.15) is 12.5 Å². The summed E-state index contributed by atoms with van der Waals surface area (Å²) in [6, 6.07) is 17.6. The van der Waals surface area contributed by atoms with Crippen LogP contribution in [0.5, 0.6) is 5.75 Å². The maximum atomic E-state index is 14.3. The van der Waals surface area contributed by atoms with Gasteiger partial charge in [-0.2, -0.15) is 0 Å². The molecule has 0 aliphatic carbocycles. The predicted octanol–water partition coefficient (Wildman–Crippen LogP) is 5.22. The summed E-state index contributed by atoms with van der Waals surface area (Å²) in [7, 11) is 1.65. The Bertz CT molecular complexity index is 775. The Morgan fingerprint density at radius 3 is 2.29 bits per heavy atom. The van der Waals surface area contributed by atoms with Crippen LogP contribution in [-0.2, 0) is 6.42 Å². The highest BCUT2D eigenvalue weighted by molar-refractivity contribution is 5.88. The van der Waals surface area contributed by atoms with Gasteiger partial charge in [0.15, 0.2) is 0 Å². The molecule has 0 amide bonds. The molecule has 106 valence electrons. The summed E-state index contributed by atoms with van der Waals surface area (Å²) in [5.74, 6) is 0.731. The maximum absolute atomic E-state index is 14.3. The van der Waals surface area contributed by atoms with Gasteiger partial charge in [0.1, 0.15) is 11.6 Å². The van der Waals surface area contributed by atoms with Crippen LogP contribution >= 0.6 is 0 Å². The van der Waals surface area contributed by atoms with E-state index in [4.69, 9.17) is 4.74 Å². The minimum atomic E-state index is -0.101. The summed E-state index contributed by atoms with van der Waals surface area (Å²) < 4.78 is 19.5. The molecule has 21 heavy (non-hydrogen) atoms. The first kappa shape index (κ1) is 13.6. The third kappa shape index (κ3) is 2.49. The van der Waals surface area contributed by atoms with Gasteiger partial charge in [-0.3, -0.25) is 0 Å². The highest BCUT2D eigenvalue weighted by atomic mass is 19.1. The first-order chi connectivity index (χ1) is 10.2. The molecule has 0 spiro atoms. The van der Waals surface area contributed by atoms with Gasteiger partial charge in [-0.25, -0.2) is 4.39 Å². The first-order valence-electron chi connectivity index (χ1n) is 7.08. The van der Waals surface area contributed by atoms with Crippen LogP contribution in [0.15, 0.2) is 54.6 Å². The molecule has 3 aromatic rings. The van der Waals surface area contributed by atoms with Crippen molar-refractivity contribution in [3.63, 3.8) is 0 Å². The van der Waals surface area contributed by atoms with Crippen molar-refractivity contribution in [3.8, 4) is 16.9 Å². The molecule has 0 fully saturated rings. The second-order valence-electron chi connectivity index (χ2n) is 5.06. The molecule has 0 aliphatic rings. The number of ether oxygens (including phenoxy) is 1. The normalized spacial score (nSPS) is 10.8. The highest BCUT2D eigenvalue weighted by Crippen LogP contribution is 2.28. The van der Waals surface area contributed by atoms with E-state index in [0.29, 0.717) is 11.8 Å². The average molecular weight is 280 g/mol. The van der Waals surface area contributed by atoms with E-state index in [9.17, 15) is 4.39 Å². The van der Waals surface area contributed by atoms with E-state index in [1.165, 1.54) is 0 Å². The number of methoxy groups -OCH3 is 1. The van der Waals surface area contributed by atoms with Crippen molar-refractivity contribution in [2.24, 2.45) is 0 Å². The summed E-state index contributed by atoms with van der Waals surface area (Å²) in [6.45, 7) is 1.97. The highest BCUT2D eigenvalue weighted by Gasteiger charge is 2.07. The fourth-order valence-electron chi connectivity index (χ4n) is 2.57. The second kappa shape index (κ2) is 5.57. The molecule has 0 aliphatic heterocycles. The number of aryl methyl sites for hydroxylation is 1. The number of rotatable bonds is 3. The van der Waals surface area contributed by atoms with Gasteiger partial charge in [-0.05, 0) is 46.7 Å². The number of fused-ring (bicyclic) bond motifs is 1. The number of halogens is 1. The smallest absolute Gasteiger partial charge is 0.134 e. The summed E-state index contributed by atoms with van der Waals surface area (Å²) in [5, 5.41) is 1.62. The molecule has 3 aromatic carbocycles. The van der Waals surface area contributed by atoms with E-state index in [1.807, 2.05) is 61.5 Å². The van der Waals surface area contributed by atoms with Crippen LogP contribution in [0.2, 0.25) is 0 Å². The van der Waals surface area contributed by atoms with Gasteiger partial charge in [0.25, 0.3) is 0 Å². The van der Waals surface area contributed by atoms with E-state index in [-0.39, 0.29) is 5.82 Å². The summed E-state index contributed by atoms with van der Waals surface area (Å²) in [5.41, 5.74) is 2.94. The van der Waals surface area contributed by atoms with Crippen LogP contribution in [0.25, 0.3) is 21.9 Å². The minimum Gasteiger partial charge on any atom is -0.497 e. The van der Waals surface area contributed by atoms with E-state index in [1.54, 1.807) is 7.11 Å². The minimum absolute atomic E-state index is 0.101. The molecule has 0 aromatic heterocycles. The molecule has 0 saturated heterocycles. The number of hydrogen-bond acceptors (Lipinski definition) is 1. The average Bonchev–Trinajstić information content (AvgIpc) is 2.55. The largest absolute Gasteiger partial charge is 0.497 e. The van der Waals surface area contributed by atoms with Gasteiger partial charge >= 0.3 is 0 Å². The predicted molar refractivity (Wildman–Crippen MR) is 85.3 cm³/mol. The molecule has 0 bridgehead atoms. The number of hydrogen-bond donors (Lipinski definition) is 0. The van der Waals surface area contributed by atoms with Crippen LogP contribution in [0.4, 0.5) is 4.39 Å². The van der Waals surface area contributed by atoms with Crippen molar-refractivity contribution in [1.29, 1.82) is 0 Å². The van der Waals surface area contributed by atoms with E-state index < -0.39 is 0 Å². The lowest BCUT2D eigenvalue weighted by Crippen LogP contribution is -1.90. The molecule has 0 heterocycles. The topological polar surface area (TPSA) is 9.23 Å². The van der Waals surface area contributed by atoms with Gasteiger partial charge in [0.05, 0.1) is 7.11 Å².